The maximum atomic E-state index is 7.43. The Bertz CT molecular complexity index is 2060. The van der Waals surface area contributed by atoms with Crippen LogP contribution < -0.4 is 31.4 Å². The number of nitrogen functional groups attached to an aromatic ring is 3. The van der Waals surface area contributed by atoms with Gasteiger partial charge in [0.15, 0.2) is 23.0 Å². The van der Waals surface area contributed by atoms with Crippen LogP contribution in [0, 0.1) is 35.5 Å². The van der Waals surface area contributed by atoms with Crippen LogP contribution in [0.3, 0.4) is 0 Å². The quantitative estimate of drug-likeness (QED) is 0.152. The predicted octanol–water partition coefficient (Wildman–Crippen LogP) is 13.0. The third-order valence-electron chi connectivity index (χ3n) is 13.9. The van der Waals surface area contributed by atoms with Crippen molar-refractivity contribution >= 4 is 64.9 Å². The van der Waals surface area contributed by atoms with Crippen molar-refractivity contribution in [1.29, 1.82) is 0 Å². The smallest absolute Gasteiger partial charge is 0.177 e. The first kappa shape index (κ1) is 34.6. The molecule has 4 aromatic rings. The van der Waals surface area contributed by atoms with Crippen molar-refractivity contribution < 1.29 is 14.2 Å². The van der Waals surface area contributed by atoms with Crippen molar-refractivity contribution in [2.24, 2.45) is 35.5 Å². The Morgan fingerprint density at radius 1 is 0.434 bits per heavy atom. The molecular formula is C44H46Br3N3O3. The summed E-state index contributed by atoms with van der Waals surface area (Å²) in [5.41, 5.74) is 24.1. The lowest BCUT2D eigenvalue weighted by Crippen LogP contribution is -2.50. The van der Waals surface area contributed by atoms with E-state index in [1.807, 2.05) is 54.6 Å². The maximum Gasteiger partial charge on any atom is 0.177 e. The van der Waals surface area contributed by atoms with Crippen molar-refractivity contribution in [3.8, 4) is 34.5 Å². The van der Waals surface area contributed by atoms with Gasteiger partial charge < -0.3 is 31.4 Å². The minimum atomic E-state index is -0.144. The number of rotatable bonds is 8. The van der Waals surface area contributed by atoms with Crippen LogP contribution in [0.4, 0.5) is 17.1 Å². The molecule has 0 spiro atoms. The largest absolute Gasteiger partial charge is 0.454 e. The summed E-state index contributed by atoms with van der Waals surface area (Å²) in [7, 11) is 0. The van der Waals surface area contributed by atoms with E-state index in [0.29, 0.717) is 63.6 Å². The SMILES string of the molecule is Nc1cc(Br)ccc1Oc1cc(C23CC4CC(CC(C4)C2)C3)c(Oc2ccc(Br)cc2N)c(C23CC4CC(CC(C4)C2)C3)c1Oc1ccc(Br)cc1N. The Balaban J connectivity index is 1.28. The molecular weight excluding hydrogens is 858 g/mol. The van der Waals surface area contributed by atoms with Gasteiger partial charge in [0.2, 0.25) is 0 Å². The Hall–Kier alpha value is -2.88. The maximum absolute atomic E-state index is 7.43. The van der Waals surface area contributed by atoms with Crippen molar-refractivity contribution in [2.45, 2.75) is 87.9 Å². The van der Waals surface area contributed by atoms with E-state index in [1.165, 1.54) is 63.4 Å². The van der Waals surface area contributed by atoms with Gasteiger partial charge in [0.05, 0.1) is 17.1 Å². The van der Waals surface area contributed by atoms with E-state index in [2.05, 4.69) is 53.9 Å². The van der Waals surface area contributed by atoms with Gasteiger partial charge >= 0.3 is 0 Å². The highest BCUT2D eigenvalue weighted by atomic mass is 79.9. The fourth-order valence-corrected chi connectivity index (χ4v) is 14.0. The van der Waals surface area contributed by atoms with E-state index in [1.54, 1.807) is 0 Å². The monoisotopic (exact) mass is 901 g/mol. The minimum Gasteiger partial charge on any atom is -0.454 e. The molecule has 12 rings (SSSR count). The molecule has 0 saturated heterocycles. The van der Waals surface area contributed by atoms with E-state index in [4.69, 9.17) is 31.4 Å². The van der Waals surface area contributed by atoms with E-state index < -0.39 is 0 Å². The minimum absolute atomic E-state index is 0.0240. The zero-order chi connectivity index (χ0) is 36.2. The average molecular weight is 905 g/mol. The standard InChI is InChI=1S/C44H46Br3N3O3/c45-29-1-4-36(33(48)13-29)51-39-16-32(43-17-23-7-24(18-43)9-25(8-23)19-43)41(52-37-5-2-30(46)14-34(37)49)40(42(39)53-38-6-3-31(47)15-35(38)50)44-20-26-10-27(21-44)12-28(11-26)22-44/h1-6,13-16,23-28H,7-12,17-22,48-50H2. The molecule has 0 amide bonds. The summed E-state index contributed by atoms with van der Waals surface area (Å²) in [5.74, 6) is 8.42. The molecule has 0 aromatic heterocycles. The highest BCUT2D eigenvalue weighted by Crippen LogP contribution is 2.69. The Labute approximate surface area is 337 Å². The van der Waals surface area contributed by atoms with Gasteiger partial charge in [-0.1, -0.05) is 47.8 Å². The fraction of sp³-hybridized carbons (Fsp3) is 0.455. The normalized spacial score (nSPS) is 31.9. The number of nitrogens with two attached hydrogens (primary N) is 3. The molecule has 0 unspecified atom stereocenters. The molecule has 8 saturated carbocycles. The lowest BCUT2D eigenvalue weighted by molar-refractivity contribution is -0.0107. The molecule has 8 aliphatic carbocycles. The molecule has 8 aliphatic rings. The van der Waals surface area contributed by atoms with Gasteiger partial charge in [0, 0.05) is 30.0 Å². The van der Waals surface area contributed by atoms with Crippen LogP contribution in [0.1, 0.15) is 88.2 Å². The summed E-state index contributed by atoms with van der Waals surface area (Å²) in [6, 6.07) is 19.9. The van der Waals surface area contributed by atoms with Crippen molar-refractivity contribution in [1.82, 2.24) is 0 Å². The molecule has 0 aliphatic heterocycles. The van der Waals surface area contributed by atoms with Gasteiger partial charge in [-0.3, -0.25) is 0 Å². The second-order valence-electron chi connectivity index (χ2n) is 17.7. The molecule has 276 valence electrons. The molecule has 6 N–H and O–H groups in total. The summed E-state index contributed by atoms with van der Waals surface area (Å²) in [6.45, 7) is 0. The second-order valence-corrected chi connectivity index (χ2v) is 20.5. The topological polar surface area (TPSA) is 106 Å². The molecule has 4 aromatic carbocycles. The van der Waals surface area contributed by atoms with E-state index >= 15 is 0 Å². The van der Waals surface area contributed by atoms with Crippen LogP contribution >= 0.6 is 47.8 Å². The number of benzene rings is 4. The number of halogens is 3. The zero-order valence-corrected chi connectivity index (χ0v) is 34.6. The highest BCUT2D eigenvalue weighted by Gasteiger charge is 2.57. The Morgan fingerprint density at radius 2 is 0.792 bits per heavy atom. The van der Waals surface area contributed by atoms with Crippen LogP contribution in [0.25, 0.3) is 0 Å². The van der Waals surface area contributed by atoms with Crippen LogP contribution in [-0.2, 0) is 10.8 Å². The lowest BCUT2D eigenvalue weighted by Gasteiger charge is -2.59. The number of hydrogen-bond donors (Lipinski definition) is 3. The molecule has 8 bridgehead atoms. The Kier molecular flexibility index (Phi) is 8.38. The van der Waals surface area contributed by atoms with Crippen LogP contribution in [0.15, 0.2) is 74.1 Å². The van der Waals surface area contributed by atoms with Gasteiger partial charge in [-0.2, -0.15) is 0 Å². The van der Waals surface area contributed by atoms with Crippen molar-refractivity contribution in [2.75, 3.05) is 17.2 Å². The van der Waals surface area contributed by atoms with E-state index in [0.717, 1.165) is 61.7 Å². The van der Waals surface area contributed by atoms with Crippen molar-refractivity contribution in [3.63, 3.8) is 0 Å². The first-order valence-corrected chi connectivity index (χ1v) is 21.8. The number of anilines is 3. The van der Waals surface area contributed by atoms with Gasteiger partial charge in [0.25, 0.3) is 0 Å². The molecule has 0 heterocycles. The molecule has 9 heteroatoms. The summed E-state index contributed by atoms with van der Waals surface area (Å²) in [5, 5.41) is 0. The van der Waals surface area contributed by atoms with Crippen LogP contribution in [0.5, 0.6) is 34.5 Å². The van der Waals surface area contributed by atoms with Gasteiger partial charge in [-0.15, -0.1) is 0 Å². The fourth-order valence-electron chi connectivity index (χ4n) is 12.8. The Morgan fingerprint density at radius 3 is 1.19 bits per heavy atom. The zero-order valence-electron chi connectivity index (χ0n) is 29.8. The van der Waals surface area contributed by atoms with Gasteiger partial charge in [-0.25, -0.2) is 0 Å². The van der Waals surface area contributed by atoms with Gasteiger partial charge in [-0.05, 0) is 179 Å². The summed E-state index contributed by atoms with van der Waals surface area (Å²) < 4.78 is 24.4. The first-order valence-electron chi connectivity index (χ1n) is 19.4. The molecule has 0 atom stereocenters. The number of hydrogen-bond acceptors (Lipinski definition) is 6. The molecule has 0 radical (unpaired) electrons. The molecule has 8 fully saturated rings. The average Bonchev–Trinajstić information content (AvgIpc) is 3.08. The third-order valence-corrected chi connectivity index (χ3v) is 15.4. The number of ether oxygens (including phenoxy) is 3. The lowest BCUT2D eigenvalue weighted by atomic mass is 9.46. The van der Waals surface area contributed by atoms with Crippen LogP contribution in [0.2, 0.25) is 0 Å². The molecule has 53 heavy (non-hydrogen) atoms. The van der Waals surface area contributed by atoms with Gasteiger partial charge in [0.1, 0.15) is 11.5 Å². The van der Waals surface area contributed by atoms with E-state index in [9.17, 15) is 0 Å². The van der Waals surface area contributed by atoms with E-state index in [-0.39, 0.29) is 10.8 Å². The first-order chi connectivity index (χ1) is 25.5. The summed E-state index contributed by atoms with van der Waals surface area (Å²) in [4.78, 5) is 0. The summed E-state index contributed by atoms with van der Waals surface area (Å²) >= 11 is 10.8. The predicted molar refractivity (Wildman–Crippen MR) is 222 cm³/mol. The third kappa shape index (κ3) is 6.06. The van der Waals surface area contributed by atoms with Crippen LogP contribution in [-0.4, -0.2) is 0 Å². The second kappa shape index (κ2) is 12.8. The summed E-state index contributed by atoms with van der Waals surface area (Å²) in [6.07, 6.45) is 14.8. The highest BCUT2D eigenvalue weighted by molar-refractivity contribution is 9.11. The van der Waals surface area contributed by atoms with Crippen molar-refractivity contribution in [3.05, 3.63) is 85.2 Å². The molecule has 6 nitrogen and oxygen atoms in total.